The first-order valence-electron chi connectivity index (χ1n) is 13.4. The summed E-state index contributed by atoms with van der Waals surface area (Å²) in [5.74, 6) is 0. The molecule has 0 aliphatic carbocycles. The largest absolute Gasteiger partial charge is 0.310 e. The van der Waals surface area contributed by atoms with E-state index in [2.05, 4.69) is 169 Å². The lowest BCUT2D eigenvalue weighted by molar-refractivity contribution is 1.29. The predicted octanol–water partition coefficient (Wildman–Crippen LogP) is 10.8. The van der Waals surface area contributed by atoms with Gasteiger partial charge < -0.3 is 4.90 Å². The Balaban J connectivity index is 1.46. The van der Waals surface area contributed by atoms with E-state index in [9.17, 15) is 0 Å². The van der Waals surface area contributed by atoms with Gasteiger partial charge in [-0.05, 0) is 80.2 Å². The molecule has 0 N–H and O–H groups in total. The molecule has 0 atom stereocenters. The number of hydrogen-bond acceptors (Lipinski definition) is 1. The van der Waals surface area contributed by atoms with Crippen LogP contribution in [0.25, 0.3) is 43.8 Å². The number of anilines is 3. The quantitative estimate of drug-likeness (QED) is 0.214. The summed E-state index contributed by atoms with van der Waals surface area (Å²) < 4.78 is 0. The molecule has 7 aromatic rings. The molecule has 0 aliphatic rings. The summed E-state index contributed by atoms with van der Waals surface area (Å²) in [6.07, 6.45) is 0. The summed E-state index contributed by atoms with van der Waals surface area (Å²) in [5.41, 5.74) is 8.25. The van der Waals surface area contributed by atoms with Gasteiger partial charge in [-0.15, -0.1) is 0 Å². The minimum atomic E-state index is 1.12. The van der Waals surface area contributed by atoms with Crippen molar-refractivity contribution >= 4 is 38.6 Å². The number of para-hydroxylation sites is 1. The van der Waals surface area contributed by atoms with Crippen LogP contribution in [0.5, 0.6) is 0 Å². The zero-order valence-corrected chi connectivity index (χ0v) is 21.5. The number of benzene rings is 7. The molecule has 0 saturated carbocycles. The van der Waals surface area contributed by atoms with Gasteiger partial charge in [0.15, 0.2) is 0 Å². The van der Waals surface area contributed by atoms with Gasteiger partial charge in [0.05, 0.1) is 0 Å². The van der Waals surface area contributed by atoms with Gasteiger partial charge in [0.25, 0.3) is 0 Å². The highest BCUT2D eigenvalue weighted by atomic mass is 15.1. The fraction of sp³-hybridized carbons (Fsp3) is 0. The van der Waals surface area contributed by atoms with Crippen molar-refractivity contribution in [1.29, 1.82) is 0 Å². The minimum Gasteiger partial charge on any atom is -0.310 e. The van der Waals surface area contributed by atoms with Crippen molar-refractivity contribution in [3.05, 3.63) is 164 Å². The average molecular weight is 498 g/mol. The third-order valence-electron chi connectivity index (χ3n) is 7.43. The molecule has 0 fully saturated rings. The van der Waals surface area contributed by atoms with Crippen molar-refractivity contribution in [2.75, 3.05) is 4.90 Å². The molecule has 1 nitrogen and oxygen atoms in total. The van der Waals surface area contributed by atoms with Crippen LogP contribution in [0.2, 0.25) is 0 Å². The third-order valence-corrected chi connectivity index (χ3v) is 7.43. The maximum absolute atomic E-state index is 2.36. The highest BCUT2D eigenvalue weighted by molar-refractivity contribution is 6.09. The molecule has 1 heteroatoms. The molecule has 0 aromatic heterocycles. The minimum absolute atomic E-state index is 1.12. The van der Waals surface area contributed by atoms with Gasteiger partial charge in [0, 0.05) is 17.1 Å². The summed E-state index contributed by atoms with van der Waals surface area (Å²) in [6, 6.07) is 58.7. The molecule has 0 unspecified atom stereocenters. The first kappa shape index (κ1) is 23.0. The van der Waals surface area contributed by atoms with E-state index in [4.69, 9.17) is 0 Å². The van der Waals surface area contributed by atoms with E-state index in [1.54, 1.807) is 0 Å². The Kier molecular flexibility index (Phi) is 5.88. The monoisotopic (exact) mass is 497 g/mol. The van der Waals surface area contributed by atoms with Crippen LogP contribution in [-0.4, -0.2) is 0 Å². The van der Waals surface area contributed by atoms with Crippen LogP contribution in [0.4, 0.5) is 17.1 Å². The molecule has 0 aliphatic heterocycles. The molecule has 0 bridgehead atoms. The highest BCUT2D eigenvalue weighted by Crippen LogP contribution is 2.41. The molecule has 39 heavy (non-hydrogen) atoms. The summed E-state index contributed by atoms with van der Waals surface area (Å²) in [4.78, 5) is 2.36. The molecular formula is C38H27N. The van der Waals surface area contributed by atoms with Crippen molar-refractivity contribution in [1.82, 2.24) is 0 Å². The van der Waals surface area contributed by atoms with Gasteiger partial charge in [0.2, 0.25) is 0 Å². The van der Waals surface area contributed by atoms with E-state index in [1.807, 2.05) is 0 Å². The third kappa shape index (κ3) is 4.35. The second-order valence-corrected chi connectivity index (χ2v) is 9.83. The Morgan fingerprint density at radius 2 is 0.821 bits per heavy atom. The van der Waals surface area contributed by atoms with Crippen molar-refractivity contribution in [3.8, 4) is 22.3 Å². The SMILES string of the molecule is c1ccc(-c2ccc(N(c3ccccc3)c3ccc4ccc5ccccc5c4c3)cc2-c2ccccc2)cc1. The molecule has 0 radical (unpaired) electrons. The Morgan fingerprint density at radius 1 is 0.308 bits per heavy atom. The van der Waals surface area contributed by atoms with E-state index in [1.165, 1.54) is 43.8 Å². The van der Waals surface area contributed by atoms with Gasteiger partial charge in [-0.2, -0.15) is 0 Å². The topological polar surface area (TPSA) is 3.24 Å². The molecule has 7 rings (SSSR count). The van der Waals surface area contributed by atoms with Crippen LogP contribution in [0.3, 0.4) is 0 Å². The van der Waals surface area contributed by atoms with Crippen molar-refractivity contribution in [2.24, 2.45) is 0 Å². The van der Waals surface area contributed by atoms with E-state index >= 15 is 0 Å². The van der Waals surface area contributed by atoms with E-state index < -0.39 is 0 Å². The first-order valence-corrected chi connectivity index (χ1v) is 13.4. The molecule has 184 valence electrons. The fourth-order valence-electron chi connectivity index (χ4n) is 5.55. The lowest BCUT2D eigenvalue weighted by Crippen LogP contribution is -2.10. The van der Waals surface area contributed by atoms with Crippen molar-refractivity contribution < 1.29 is 0 Å². The van der Waals surface area contributed by atoms with Crippen LogP contribution in [0.15, 0.2) is 164 Å². The smallest absolute Gasteiger partial charge is 0.0468 e. The van der Waals surface area contributed by atoms with Crippen LogP contribution in [-0.2, 0) is 0 Å². The number of rotatable bonds is 5. The number of hydrogen-bond donors (Lipinski definition) is 0. The summed E-state index contributed by atoms with van der Waals surface area (Å²) in [5, 5.41) is 5.03. The Labute approximate surface area is 229 Å². The molecule has 0 saturated heterocycles. The Morgan fingerprint density at radius 3 is 1.54 bits per heavy atom. The van der Waals surface area contributed by atoms with Crippen molar-refractivity contribution in [3.63, 3.8) is 0 Å². The molecule has 0 amide bonds. The molecule has 0 spiro atoms. The van der Waals surface area contributed by atoms with Gasteiger partial charge in [-0.1, -0.05) is 127 Å². The van der Waals surface area contributed by atoms with Crippen LogP contribution in [0, 0.1) is 0 Å². The van der Waals surface area contributed by atoms with Crippen LogP contribution in [0.1, 0.15) is 0 Å². The highest BCUT2D eigenvalue weighted by Gasteiger charge is 2.17. The van der Waals surface area contributed by atoms with E-state index in [0.29, 0.717) is 0 Å². The van der Waals surface area contributed by atoms with Crippen LogP contribution < -0.4 is 4.90 Å². The van der Waals surface area contributed by atoms with Crippen LogP contribution >= 0.6 is 0 Å². The van der Waals surface area contributed by atoms with Gasteiger partial charge in [0.1, 0.15) is 0 Å². The maximum Gasteiger partial charge on any atom is 0.0468 e. The average Bonchev–Trinajstić information content (AvgIpc) is 3.02. The second kappa shape index (κ2) is 9.96. The van der Waals surface area contributed by atoms with Gasteiger partial charge in [-0.3, -0.25) is 0 Å². The summed E-state index contributed by atoms with van der Waals surface area (Å²) in [7, 11) is 0. The van der Waals surface area contributed by atoms with Gasteiger partial charge in [-0.25, -0.2) is 0 Å². The van der Waals surface area contributed by atoms with E-state index in [0.717, 1.165) is 17.1 Å². The normalized spacial score (nSPS) is 11.1. The zero-order chi connectivity index (χ0) is 26.0. The second-order valence-electron chi connectivity index (χ2n) is 9.83. The molecule has 0 heterocycles. The summed E-state index contributed by atoms with van der Waals surface area (Å²) >= 11 is 0. The first-order chi connectivity index (χ1) is 19.3. The fourth-order valence-corrected chi connectivity index (χ4v) is 5.55. The van der Waals surface area contributed by atoms with Gasteiger partial charge >= 0.3 is 0 Å². The standard InChI is InChI=1S/C38H27N/c1-4-12-28(13-5-1)36-25-24-34(27-37(36)29-14-6-2-7-15-29)39(32-17-8-3-9-18-32)33-23-22-31-21-20-30-16-10-11-19-35(30)38(31)26-33/h1-27H. The predicted molar refractivity (Wildman–Crippen MR) is 167 cm³/mol. The molecule has 7 aromatic carbocycles. The summed E-state index contributed by atoms with van der Waals surface area (Å²) in [6.45, 7) is 0. The Bertz CT molecular complexity index is 1890. The lowest BCUT2D eigenvalue weighted by Gasteiger charge is -2.27. The maximum atomic E-state index is 2.36. The van der Waals surface area contributed by atoms with Crippen molar-refractivity contribution in [2.45, 2.75) is 0 Å². The van der Waals surface area contributed by atoms with E-state index in [-0.39, 0.29) is 0 Å². The number of fused-ring (bicyclic) bond motifs is 3. The lowest BCUT2D eigenvalue weighted by atomic mass is 9.93. The zero-order valence-electron chi connectivity index (χ0n) is 21.5. The number of nitrogens with zero attached hydrogens (tertiary/aromatic N) is 1. The Hall–Kier alpha value is -5.14. The molecular weight excluding hydrogens is 470 g/mol.